The van der Waals surface area contributed by atoms with Gasteiger partial charge in [-0.15, -0.1) is 11.3 Å². The van der Waals surface area contributed by atoms with Crippen molar-refractivity contribution >= 4 is 50.5 Å². The third kappa shape index (κ3) is 4.20. The van der Waals surface area contributed by atoms with Gasteiger partial charge in [0.25, 0.3) is 0 Å². The van der Waals surface area contributed by atoms with Gasteiger partial charge in [-0.2, -0.15) is 0 Å². The number of thiophene rings is 1. The topological polar surface area (TPSA) is 12.0 Å². The molecule has 2 rings (SSSR count). The lowest BCUT2D eigenvalue weighted by Gasteiger charge is -2.18. The number of likely N-dealkylation sites (N-methyl/N-ethyl adjacent to an activating group) is 1. The first-order valence-corrected chi connectivity index (χ1v) is 8.44. The summed E-state index contributed by atoms with van der Waals surface area (Å²) in [5, 5.41) is 6.93. The Bertz CT molecular complexity index is 536. The van der Waals surface area contributed by atoms with Crippen LogP contribution in [0.1, 0.15) is 23.4 Å². The van der Waals surface area contributed by atoms with Gasteiger partial charge in [-0.3, -0.25) is 0 Å². The molecule has 0 saturated heterocycles. The molecule has 1 nitrogen and oxygen atoms in total. The van der Waals surface area contributed by atoms with E-state index in [1.54, 1.807) is 17.4 Å². The maximum atomic E-state index is 6.09. The van der Waals surface area contributed by atoms with Crippen LogP contribution in [-0.2, 0) is 6.42 Å². The van der Waals surface area contributed by atoms with Crippen molar-refractivity contribution in [3.63, 3.8) is 0 Å². The highest BCUT2D eigenvalue weighted by Gasteiger charge is 2.15. The van der Waals surface area contributed by atoms with Gasteiger partial charge in [0.2, 0.25) is 0 Å². The molecule has 0 aliphatic heterocycles. The van der Waals surface area contributed by atoms with Crippen molar-refractivity contribution in [2.45, 2.75) is 19.4 Å². The molecule has 1 aromatic heterocycles. The van der Waals surface area contributed by atoms with E-state index in [9.17, 15) is 0 Å². The summed E-state index contributed by atoms with van der Waals surface area (Å²) in [4.78, 5) is 1.32. The predicted octanol–water partition coefficient (Wildman–Crippen LogP) is 5.71. The number of hydrogen-bond acceptors (Lipinski definition) is 2. The van der Waals surface area contributed by atoms with E-state index in [4.69, 9.17) is 23.2 Å². The Morgan fingerprint density at radius 3 is 2.47 bits per heavy atom. The van der Waals surface area contributed by atoms with Crippen LogP contribution in [-0.4, -0.2) is 6.54 Å². The van der Waals surface area contributed by atoms with Crippen LogP contribution in [0.5, 0.6) is 0 Å². The molecule has 2 aromatic rings. The predicted molar refractivity (Wildman–Crippen MR) is 88.6 cm³/mol. The Morgan fingerprint density at radius 1 is 1.26 bits per heavy atom. The molecular formula is C14H14BrCl2NS. The van der Waals surface area contributed by atoms with Crippen LogP contribution in [0.3, 0.4) is 0 Å². The summed E-state index contributed by atoms with van der Waals surface area (Å²) in [7, 11) is 0. The Balaban J connectivity index is 2.26. The molecule has 0 spiro atoms. The largest absolute Gasteiger partial charge is 0.310 e. The fourth-order valence-corrected chi connectivity index (χ4v) is 4.09. The Morgan fingerprint density at radius 2 is 1.95 bits per heavy atom. The van der Waals surface area contributed by atoms with E-state index in [0.717, 1.165) is 23.0 Å². The van der Waals surface area contributed by atoms with Gasteiger partial charge in [-0.05, 0) is 57.7 Å². The lowest BCUT2D eigenvalue weighted by molar-refractivity contribution is 0.553. The molecule has 1 N–H and O–H groups in total. The molecule has 1 atom stereocenters. The lowest BCUT2D eigenvalue weighted by atomic mass is 10.0. The fraction of sp³-hybridized carbons (Fsp3) is 0.286. The van der Waals surface area contributed by atoms with Crippen molar-refractivity contribution in [2.75, 3.05) is 6.54 Å². The van der Waals surface area contributed by atoms with Gasteiger partial charge >= 0.3 is 0 Å². The maximum Gasteiger partial charge on any atom is 0.0424 e. The quantitative estimate of drug-likeness (QED) is 0.702. The molecule has 102 valence electrons. The minimum absolute atomic E-state index is 0.219. The molecule has 0 aliphatic rings. The van der Waals surface area contributed by atoms with Gasteiger partial charge in [0.05, 0.1) is 0 Å². The zero-order valence-electron chi connectivity index (χ0n) is 10.4. The van der Waals surface area contributed by atoms with Crippen molar-refractivity contribution in [3.8, 4) is 0 Å². The van der Waals surface area contributed by atoms with Crippen molar-refractivity contribution in [1.29, 1.82) is 0 Å². The fourth-order valence-electron chi connectivity index (χ4n) is 1.99. The minimum atomic E-state index is 0.219. The molecule has 0 bridgehead atoms. The zero-order chi connectivity index (χ0) is 13.8. The first-order chi connectivity index (χ1) is 9.10. The summed E-state index contributed by atoms with van der Waals surface area (Å²) >= 11 is 17.5. The molecule has 0 amide bonds. The van der Waals surface area contributed by atoms with Crippen LogP contribution in [0.25, 0.3) is 0 Å². The summed E-state index contributed by atoms with van der Waals surface area (Å²) in [6.07, 6.45) is 0.919. The van der Waals surface area contributed by atoms with E-state index in [1.165, 1.54) is 4.88 Å². The summed E-state index contributed by atoms with van der Waals surface area (Å²) in [6, 6.07) is 8.01. The smallest absolute Gasteiger partial charge is 0.0424 e. The molecule has 0 fully saturated rings. The molecule has 5 heteroatoms. The molecule has 19 heavy (non-hydrogen) atoms. The molecule has 0 aliphatic carbocycles. The first-order valence-electron chi connectivity index (χ1n) is 6.01. The Kier molecular flexibility index (Phi) is 5.72. The minimum Gasteiger partial charge on any atom is -0.310 e. The number of benzene rings is 1. The molecule has 1 aromatic carbocycles. The second-order valence-corrected chi connectivity index (χ2v) is 6.94. The van der Waals surface area contributed by atoms with E-state index in [2.05, 4.69) is 39.6 Å². The van der Waals surface area contributed by atoms with Crippen molar-refractivity contribution in [3.05, 3.63) is 54.6 Å². The molecule has 0 saturated carbocycles. The van der Waals surface area contributed by atoms with Gasteiger partial charge in [0.15, 0.2) is 0 Å². The normalized spacial score (nSPS) is 12.6. The summed E-state index contributed by atoms with van der Waals surface area (Å²) < 4.78 is 1.16. The van der Waals surface area contributed by atoms with Gasteiger partial charge < -0.3 is 5.32 Å². The molecular weight excluding hydrogens is 365 g/mol. The van der Waals surface area contributed by atoms with E-state index >= 15 is 0 Å². The average Bonchev–Trinajstić information content (AvgIpc) is 2.73. The van der Waals surface area contributed by atoms with E-state index in [-0.39, 0.29) is 6.04 Å². The van der Waals surface area contributed by atoms with Crippen LogP contribution < -0.4 is 5.32 Å². The second kappa shape index (κ2) is 7.09. The first kappa shape index (κ1) is 15.3. The molecule has 1 heterocycles. The Hall–Kier alpha value is -0.0600. The number of halogens is 3. The van der Waals surface area contributed by atoms with Gasteiger partial charge in [-0.25, -0.2) is 0 Å². The number of rotatable bonds is 5. The van der Waals surface area contributed by atoms with Gasteiger partial charge in [-0.1, -0.05) is 30.1 Å². The van der Waals surface area contributed by atoms with E-state index in [0.29, 0.717) is 10.0 Å². The average molecular weight is 379 g/mol. The van der Waals surface area contributed by atoms with Crippen LogP contribution >= 0.6 is 50.5 Å². The SMILES string of the molecule is CCNC(Cc1sccc1Br)c1cc(Cl)cc(Cl)c1. The van der Waals surface area contributed by atoms with Crippen LogP contribution in [0.2, 0.25) is 10.0 Å². The van der Waals surface area contributed by atoms with Crippen molar-refractivity contribution < 1.29 is 0 Å². The highest BCUT2D eigenvalue weighted by Crippen LogP contribution is 2.30. The highest BCUT2D eigenvalue weighted by molar-refractivity contribution is 9.10. The lowest BCUT2D eigenvalue weighted by Crippen LogP contribution is -2.22. The summed E-state index contributed by atoms with van der Waals surface area (Å²) in [5.41, 5.74) is 1.12. The highest BCUT2D eigenvalue weighted by atomic mass is 79.9. The van der Waals surface area contributed by atoms with Gasteiger partial charge in [0, 0.05) is 31.9 Å². The zero-order valence-corrected chi connectivity index (χ0v) is 14.3. The standard InChI is InChI=1S/C14H14BrCl2NS/c1-2-18-13(8-14-12(15)3-4-19-14)9-5-10(16)7-11(17)6-9/h3-7,13,18H,2,8H2,1H3. The summed E-state index contributed by atoms with van der Waals surface area (Å²) in [6.45, 7) is 3.00. The second-order valence-electron chi connectivity index (χ2n) is 4.21. The third-order valence-electron chi connectivity index (χ3n) is 2.82. The monoisotopic (exact) mass is 377 g/mol. The van der Waals surface area contributed by atoms with E-state index < -0.39 is 0 Å². The number of nitrogens with one attached hydrogen (secondary N) is 1. The third-order valence-corrected chi connectivity index (χ3v) is 5.20. The van der Waals surface area contributed by atoms with E-state index in [1.807, 2.05) is 12.1 Å². The van der Waals surface area contributed by atoms with Crippen LogP contribution in [0.15, 0.2) is 34.1 Å². The van der Waals surface area contributed by atoms with Gasteiger partial charge in [0.1, 0.15) is 0 Å². The van der Waals surface area contributed by atoms with Crippen molar-refractivity contribution in [2.24, 2.45) is 0 Å². The Labute approximate surface area is 136 Å². The van der Waals surface area contributed by atoms with Crippen molar-refractivity contribution in [1.82, 2.24) is 5.32 Å². The maximum absolute atomic E-state index is 6.09. The van der Waals surface area contributed by atoms with Crippen LogP contribution in [0.4, 0.5) is 0 Å². The molecule has 0 radical (unpaired) electrons. The number of hydrogen-bond donors (Lipinski definition) is 1. The molecule has 1 unspecified atom stereocenters. The summed E-state index contributed by atoms with van der Waals surface area (Å²) in [5.74, 6) is 0. The van der Waals surface area contributed by atoms with Crippen LogP contribution in [0, 0.1) is 0 Å².